The zero-order valence-electron chi connectivity index (χ0n) is 9.99. The van der Waals surface area contributed by atoms with E-state index < -0.39 is 5.97 Å². The second kappa shape index (κ2) is 4.91. The molecule has 3 N–H and O–H groups in total. The molecule has 0 unspecified atom stereocenters. The lowest BCUT2D eigenvalue weighted by Crippen LogP contribution is -2.05. The molecule has 0 saturated carbocycles. The van der Waals surface area contributed by atoms with Crippen molar-refractivity contribution in [2.75, 3.05) is 5.32 Å². The number of aromatic nitrogens is 1. The van der Waals surface area contributed by atoms with E-state index in [-0.39, 0.29) is 12.3 Å². The summed E-state index contributed by atoms with van der Waals surface area (Å²) in [6.45, 7) is 1.45. The fourth-order valence-electron chi connectivity index (χ4n) is 1.91. The molecule has 1 amide bonds. The van der Waals surface area contributed by atoms with Gasteiger partial charge in [0.15, 0.2) is 0 Å². The fourth-order valence-corrected chi connectivity index (χ4v) is 1.91. The number of nitrogens with one attached hydrogen (secondary N) is 2. The van der Waals surface area contributed by atoms with E-state index in [1.54, 1.807) is 6.07 Å². The number of aliphatic carboxylic acids is 1. The van der Waals surface area contributed by atoms with Crippen LogP contribution in [0.15, 0.2) is 24.4 Å². The summed E-state index contributed by atoms with van der Waals surface area (Å²) in [5.41, 5.74) is 2.59. The lowest BCUT2D eigenvalue weighted by atomic mass is 10.1. The molecule has 0 aliphatic rings. The number of amides is 1. The Labute approximate surface area is 104 Å². The normalized spacial score (nSPS) is 10.5. The first-order chi connectivity index (χ1) is 8.56. The van der Waals surface area contributed by atoms with Crippen LogP contribution < -0.4 is 5.32 Å². The first-order valence-electron chi connectivity index (χ1n) is 5.65. The summed E-state index contributed by atoms with van der Waals surface area (Å²) in [6, 6.07) is 5.52. The van der Waals surface area contributed by atoms with Gasteiger partial charge in [0.05, 0.1) is 0 Å². The number of carboxylic acids is 1. The smallest absolute Gasteiger partial charge is 0.303 e. The number of hydrogen-bond acceptors (Lipinski definition) is 2. The maximum absolute atomic E-state index is 11.0. The van der Waals surface area contributed by atoms with Crippen LogP contribution in [0.1, 0.15) is 18.9 Å². The van der Waals surface area contributed by atoms with Gasteiger partial charge in [-0.2, -0.15) is 0 Å². The first kappa shape index (κ1) is 12.2. The first-order valence-corrected chi connectivity index (χ1v) is 5.65. The number of benzene rings is 1. The number of carboxylic acid groups (broad SMARTS) is 1. The van der Waals surface area contributed by atoms with Crippen molar-refractivity contribution in [2.24, 2.45) is 0 Å². The maximum Gasteiger partial charge on any atom is 0.303 e. The molecule has 2 rings (SSSR count). The third-order valence-corrected chi connectivity index (χ3v) is 2.70. The number of hydrogen-bond donors (Lipinski definition) is 3. The van der Waals surface area contributed by atoms with Crippen molar-refractivity contribution in [2.45, 2.75) is 19.8 Å². The molecule has 0 aliphatic heterocycles. The molecule has 0 saturated heterocycles. The summed E-state index contributed by atoms with van der Waals surface area (Å²) >= 11 is 0. The highest BCUT2D eigenvalue weighted by molar-refractivity contribution is 5.93. The molecule has 5 heteroatoms. The van der Waals surface area contributed by atoms with E-state index in [1.807, 2.05) is 18.3 Å². The summed E-state index contributed by atoms with van der Waals surface area (Å²) < 4.78 is 0. The van der Waals surface area contributed by atoms with E-state index in [4.69, 9.17) is 5.11 Å². The Morgan fingerprint density at radius 2 is 2.17 bits per heavy atom. The third-order valence-electron chi connectivity index (χ3n) is 2.70. The van der Waals surface area contributed by atoms with E-state index in [9.17, 15) is 9.59 Å². The fraction of sp³-hybridized carbons (Fsp3) is 0.231. The highest BCUT2D eigenvalue weighted by Crippen LogP contribution is 2.23. The highest BCUT2D eigenvalue weighted by Gasteiger charge is 2.07. The Bertz CT molecular complexity index is 601. The summed E-state index contributed by atoms with van der Waals surface area (Å²) in [4.78, 5) is 24.7. The Morgan fingerprint density at radius 3 is 2.83 bits per heavy atom. The molecule has 1 aromatic carbocycles. The molecule has 0 spiro atoms. The van der Waals surface area contributed by atoms with Gasteiger partial charge in [0.1, 0.15) is 0 Å². The van der Waals surface area contributed by atoms with Crippen LogP contribution in [0.25, 0.3) is 10.9 Å². The summed E-state index contributed by atoms with van der Waals surface area (Å²) in [5.74, 6) is -0.945. The van der Waals surface area contributed by atoms with Crippen molar-refractivity contribution in [3.05, 3.63) is 30.0 Å². The van der Waals surface area contributed by atoms with Gasteiger partial charge in [-0.05, 0) is 30.2 Å². The number of anilines is 1. The van der Waals surface area contributed by atoms with Crippen LogP contribution >= 0.6 is 0 Å². The van der Waals surface area contributed by atoms with Crippen LogP contribution in [0, 0.1) is 0 Å². The van der Waals surface area contributed by atoms with Crippen LogP contribution in [0.3, 0.4) is 0 Å². The van der Waals surface area contributed by atoms with E-state index >= 15 is 0 Å². The van der Waals surface area contributed by atoms with Crippen molar-refractivity contribution in [3.63, 3.8) is 0 Å². The molecule has 1 aromatic heterocycles. The predicted molar refractivity (Wildman–Crippen MR) is 68.6 cm³/mol. The molecule has 0 fully saturated rings. The Hall–Kier alpha value is -2.30. The summed E-state index contributed by atoms with van der Waals surface area (Å²) in [5, 5.41) is 12.3. The molecule has 0 atom stereocenters. The van der Waals surface area contributed by atoms with Gasteiger partial charge < -0.3 is 15.4 Å². The van der Waals surface area contributed by atoms with Crippen LogP contribution in [0.5, 0.6) is 0 Å². The molecular weight excluding hydrogens is 232 g/mol. The minimum atomic E-state index is -0.817. The lowest BCUT2D eigenvalue weighted by Gasteiger charge is -2.03. The Kier molecular flexibility index (Phi) is 3.32. The predicted octanol–water partition coefficient (Wildman–Crippen LogP) is 2.14. The average Bonchev–Trinajstić information content (AvgIpc) is 2.68. The van der Waals surface area contributed by atoms with E-state index in [1.165, 1.54) is 6.92 Å². The minimum absolute atomic E-state index is 0.0946. The van der Waals surface area contributed by atoms with Crippen LogP contribution in [-0.4, -0.2) is 22.0 Å². The zero-order chi connectivity index (χ0) is 13.1. The number of carbonyl (C=O) groups is 2. The number of fused-ring (bicyclic) bond motifs is 1. The number of rotatable bonds is 4. The molecule has 5 nitrogen and oxygen atoms in total. The minimum Gasteiger partial charge on any atom is -0.481 e. The van der Waals surface area contributed by atoms with Crippen molar-refractivity contribution in [1.29, 1.82) is 0 Å². The van der Waals surface area contributed by atoms with Crippen molar-refractivity contribution < 1.29 is 14.7 Å². The monoisotopic (exact) mass is 246 g/mol. The summed E-state index contributed by atoms with van der Waals surface area (Å²) in [7, 11) is 0. The van der Waals surface area contributed by atoms with Gasteiger partial charge in [0.25, 0.3) is 0 Å². The van der Waals surface area contributed by atoms with Gasteiger partial charge in [-0.15, -0.1) is 0 Å². The maximum atomic E-state index is 11.0. The largest absolute Gasteiger partial charge is 0.481 e. The molecule has 0 bridgehead atoms. The standard InChI is InChI=1S/C13H14N2O3/c1-8(16)15-10-3-4-12-11(6-10)9(7-14-12)2-5-13(17)18/h3-4,6-7,14H,2,5H2,1H3,(H,15,16)(H,17,18). The van der Waals surface area contributed by atoms with Crippen molar-refractivity contribution in [3.8, 4) is 0 Å². The van der Waals surface area contributed by atoms with Gasteiger partial charge in [-0.3, -0.25) is 9.59 Å². The topological polar surface area (TPSA) is 82.2 Å². The van der Waals surface area contributed by atoms with Gasteiger partial charge in [0.2, 0.25) is 5.91 Å². The Morgan fingerprint density at radius 1 is 1.39 bits per heavy atom. The number of aryl methyl sites for hydroxylation is 1. The van der Waals surface area contributed by atoms with E-state index in [0.29, 0.717) is 12.1 Å². The third kappa shape index (κ3) is 2.68. The Balaban J connectivity index is 2.30. The van der Waals surface area contributed by atoms with Gasteiger partial charge in [-0.25, -0.2) is 0 Å². The number of aromatic amines is 1. The number of carbonyl (C=O) groups excluding carboxylic acids is 1. The second-order valence-electron chi connectivity index (χ2n) is 4.15. The second-order valence-corrected chi connectivity index (χ2v) is 4.15. The van der Waals surface area contributed by atoms with Crippen LogP contribution in [0.2, 0.25) is 0 Å². The quantitative estimate of drug-likeness (QED) is 0.773. The molecule has 0 radical (unpaired) electrons. The average molecular weight is 246 g/mol. The molecular formula is C13H14N2O3. The molecule has 1 heterocycles. The number of H-pyrrole nitrogens is 1. The molecule has 18 heavy (non-hydrogen) atoms. The van der Waals surface area contributed by atoms with Gasteiger partial charge in [-0.1, -0.05) is 0 Å². The highest BCUT2D eigenvalue weighted by atomic mass is 16.4. The van der Waals surface area contributed by atoms with E-state index in [0.717, 1.165) is 16.5 Å². The lowest BCUT2D eigenvalue weighted by molar-refractivity contribution is -0.137. The van der Waals surface area contributed by atoms with Crippen LogP contribution in [0.4, 0.5) is 5.69 Å². The van der Waals surface area contributed by atoms with E-state index in [2.05, 4.69) is 10.3 Å². The van der Waals surface area contributed by atoms with Crippen molar-refractivity contribution in [1.82, 2.24) is 4.98 Å². The molecule has 0 aliphatic carbocycles. The van der Waals surface area contributed by atoms with Gasteiger partial charge >= 0.3 is 5.97 Å². The molecule has 94 valence electrons. The van der Waals surface area contributed by atoms with Crippen LogP contribution in [-0.2, 0) is 16.0 Å². The summed E-state index contributed by atoms with van der Waals surface area (Å²) in [6.07, 6.45) is 2.38. The van der Waals surface area contributed by atoms with Crippen molar-refractivity contribution >= 4 is 28.5 Å². The van der Waals surface area contributed by atoms with Gasteiger partial charge in [0, 0.05) is 36.1 Å². The zero-order valence-corrected chi connectivity index (χ0v) is 9.99. The molecule has 2 aromatic rings. The SMILES string of the molecule is CC(=O)Nc1ccc2[nH]cc(CCC(=O)O)c2c1.